The fourth-order valence-corrected chi connectivity index (χ4v) is 3.06. The number of nitrogens with zero attached hydrogens (tertiary/aromatic N) is 3. The SMILES string of the molecule is Cc1nn2cc(CCNC(=O)c3c(F)cccc3Cl)nc2s1. The van der Waals surface area contributed by atoms with Gasteiger partial charge in [-0.25, -0.2) is 13.9 Å². The highest BCUT2D eigenvalue weighted by molar-refractivity contribution is 7.16. The lowest BCUT2D eigenvalue weighted by molar-refractivity contribution is 0.0950. The molecule has 0 fully saturated rings. The number of nitrogens with one attached hydrogen (secondary N) is 1. The second kappa shape index (κ2) is 6.02. The molecular weight excluding hydrogens is 327 g/mol. The Kier molecular flexibility index (Phi) is 4.08. The quantitative estimate of drug-likeness (QED) is 0.795. The Morgan fingerprint density at radius 2 is 2.32 bits per heavy atom. The summed E-state index contributed by atoms with van der Waals surface area (Å²) in [6.07, 6.45) is 2.36. The molecule has 0 atom stereocenters. The van der Waals surface area contributed by atoms with Crippen LogP contribution in [0.3, 0.4) is 0 Å². The number of fused-ring (bicyclic) bond motifs is 1. The third-order valence-corrected chi connectivity index (χ3v) is 4.20. The third kappa shape index (κ3) is 2.95. The highest BCUT2D eigenvalue weighted by Crippen LogP contribution is 2.18. The summed E-state index contributed by atoms with van der Waals surface area (Å²) in [6, 6.07) is 4.15. The van der Waals surface area contributed by atoms with Gasteiger partial charge in [0.2, 0.25) is 4.96 Å². The standard InChI is InChI=1S/C14H12ClFN4OS/c1-8-19-20-7-9(18-14(20)22-8)5-6-17-13(21)12-10(15)3-2-4-11(12)16/h2-4,7H,5-6H2,1H3,(H,17,21). The Morgan fingerprint density at radius 3 is 3.05 bits per heavy atom. The predicted molar refractivity (Wildman–Crippen MR) is 83.0 cm³/mol. The molecule has 114 valence electrons. The maximum atomic E-state index is 13.6. The maximum Gasteiger partial charge on any atom is 0.255 e. The zero-order chi connectivity index (χ0) is 15.7. The number of imidazole rings is 1. The van der Waals surface area contributed by atoms with Crippen molar-refractivity contribution in [2.45, 2.75) is 13.3 Å². The Balaban J connectivity index is 1.62. The van der Waals surface area contributed by atoms with E-state index in [0.717, 1.165) is 15.7 Å². The van der Waals surface area contributed by atoms with E-state index in [-0.39, 0.29) is 10.6 Å². The van der Waals surface area contributed by atoms with E-state index in [2.05, 4.69) is 15.4 Å². The second-order valence-corrected chi connectivity index (χ2v) is 6.25. The van der Waals surface area contributed by atoms with Gasteiger partial charge in [-0.15, -0.1) is 0 Å². The van der Waals surface area contributed by atoms with E-state index in [1.807, 2.05) is 13.1 Å². The smallest absolute Gasteiger partial charge is 0.255 e. The third-order valence-electron chi connectivity index (χ3n) is 3.05. The van der Waals surface area contributed by atoms with Gasteiger partial charge in [-0.1, -0.05) is 29.0 Å². The number of carbonyl (C=O) groups excluding carboxylic acids is 1. The number of hydrogen-bond acceptors (Lipinski definition) is 4. The van der Waals surface area contributed by atoms with Crippen LogP contribution in [0, 0.1) is 12.7 Å². The number of rotatable bonds is 4. The van der Waals surface area contributed by atoms with Gasteiger partial charge in [-0.05, 0) is 19.1 Å². The maximum absolute atomic E-state index is 13.6. The second-order valence-electron chi connectivity index (χ2n) is 4.68. The average molecular weight is 339 g/mol. The van der Waals surface area contributed by atoms with E-state index in [9.17, 15) is 9.18 Å². The van der Waals surface area contributed by atoms with Crippen LogP contribution in [-0.4, -0.2) is 27.0 Å². The molecule has 0 aliphatic carbocycles. The van der Waals surface area contributed by atoms with Crippen molar-refractivity contribution < 1.29 is 9.18 Å². The van der Waals surface area contributed by atoms with Crippen molar-refractivity contribution in [3.63, 3.8) is 0 Å². The largest absolute Gasteiger partial charge is 0.352 e. The molecule has 0 bridgehead atoms. The molecule has 0 aliphatic rings. The van der Waals surface area contributed by atoms with Gasteiger partial charge >= 0.3 is 0 Å². The van der Waals surface area contributed by atoms with E-state index in [0.29, 0.717) is 13.0 Å². The molecular formula is C14H12ClFN4OS. The molecule has 0 unspecified atom stereocenters. The summed E-state index contributed by atoms with van der Waals surface area (Å²) < 4.78 is 15.3. The molecule has 0 radical (unpaired) electrons. The topological polar surface area (TPSA) is 59.3 Å². The average Bonchev–Trinajstić information content (AvgIpc) is 2.95. The molecule has 0 saturated carbocycles. The lowest BCUT2D eigenvalue weighted by Gasteiger charge is -2.06. The van der Waals surface area contributed by atoms with Crippen LogP contribution in [-0.2, 0) is 6.42 Å². The van der Waals surface area contributed by atoms with Gasteiger partial charge in [-0.3, -0.25) is 4.79 Å². The first-order valence-corrected chi connectivity index (χ1v) is 7.78. The van der Waals surface area contributed by atoms with Gasteiger partial charge in [0.1, 0.15) is 10.8 Å². The van der Waals surface area contributed by atoms with Gasteiger partial charge in [0.25, 0.3) is 5.91 Å². The zero-order valence-corrected chi connectivity index (χ0v) is 13.2. The van der Waals surface area contributed by atoms with Crippen molar-refractivity contribution in [1.29, 1.82) is 0 Å². The molecule has 0 spiro atoms. The summed E-state index contributed by atoms with van der Waals surface area (Å²) in [5.41, 5.74) is 0.686. The van der Waals surface area contributed by atoms with Gasteiger partial charge in [0, 0.05) is 13.0 Å². The summed E-state index contributed by atoms with van der Waals surface area (Å²) in [4.78, 5) is 17.2. The predicted octanol–water partition coefficient (Wildman–Crippen LogP) is 2.86. The van der Waals surface area contributed by atoms with Gasteiger partial charge in [0.05, 0.1) is 22.5 Å². The van der Waals surface area contributed by atoms with Crippen LogP contribution in [0.4, 0.5) is 4.39 Å². The molecule has 0 aliphatic heterocycles. The molecule has 8 heteroatoms. The molecule has 3 rings (SSSR count). The zero-order valence-electron chi connectivity index (χ0n) is 11.6. The van der Waals surface area contributed by atoms with Crippen molar-refractivity contribution in [2.24, 2.45) is 0 Å². The van der Waals surface area contributed by atoms with Gasteiger partial charge < -0.3 is 5.32 Å². The molecule has 1 aromatic carbocycles. The first-order chi connectivity index (χ1) is 10.5. The van der Waals surface area contributed by atoms with Crippen LogP contribution >= 0.6 is 22.9 Å². The van der Waals surface area contributed by atoms with E-state index in [4.69, 9.17) is 11.6 Å². The Labute approximate surface area is 134 Å². The fourth-order valence-electron chi connectivity index (χ4n) is 2.07. The minimum Gasteiger partial charge on any atom is -0.352 e. The van der Waals surface area contributed by atoms with Crippen LogP contribution in [0.15, 0.2) is 24.4 Å². The summed E-state index contributed by atoms with van der Waals surface area (Å²) in [6.45, 7) is 2.25. The number of aryl methyl sites for hydroxylation is 1. The molecule has 22 heavy (non-hydrogen) atoms. The first kappa shape index (κ1) is 14.9. The first-order valence-electron chi connectivity index (χ1n) is 6.58. The molecule has 3 aromatic rings. The molecule has 2 aromatic heterocycles. The van der Waals surface area contributed by atoms with Crippen molar-refractivity contribution in [2.75, 3.05) is 6.54 Å². The van der Waals surface area contributed by atoms with Crippen molar-refractivity contribution >= 4 is 33.8 Å². The van der Waals surface area contributed by atoms with Crippen molar-refractivity contribution in [3.8, 4) is 0 Å². The number of aromatic nitrogens is 3. The normalized spacial score (nSPS) is 11.0. The highest BCUT2D eigenvalue weighted by Gasteiger charge is 2.15. The van der Waals surface area contributed by atoms with Crippen LogP contribution in [0.5, 0.6) is 0 Å². The molecule has 1 amide bonds. The number of amides is 1. The Morgan fingerprint density at radius 1 is 1.50 bits per heavy atom. The summed E-state index contributed by atoms with van der Waals surface area (Å²) >= 11 is 7.35. The van der Waals surface area contributed by atoms with Crippen molar-refractivity contribution in [3.05, 3.63) is 51.5 Å². The fraction of sp³-hybridized carbons (Fsp3) is 0.214. The summed E-state index contributed by atoms with van der Waals surface area (Å²) in [5, 5.41) is 7.95. The van der Waals surface area contributed by atoms with Crippen LogP contribution in [0.1, 0.15) is 21.1 Å². The Bertz CT molecular complexity index is 793. The monoisotopic (exact) mass is 338 g/mol. The van der Waals surface area contributed by atoms with Crippen molar-refractivity contribution in [1.82, 2.24) is 19.9 Å². The molecule has 2 heterocycles. The van der Waals surface area contributed by atoms with E-state index in [1.54, 1.807) is 4.52 Å². The lowest BCUT2D eigenvalue weighted by atomic mass is 10.2. The van der Waals surface area contributed by atoms with Crippen LogP contribution in [0.2, 0.25) is 5.02 Å². The van der Waals surface area contributed by atoms with E-state index in [1.165, 1.54) is 29.5 Å². The van der Waals surface area contributed by atoms with Gasteiger partial charge in [-0.2, -0.15) is 5.10 Å². The molecule has 0 saturated heterocycles. The lowest BCUT2D eigenvalue weighted by Crippen LogP contribution is -2.27. The number of hydrogen-bond donors (Lipinski definition) is 1. The highest BCUT2D eigenvalue weighted by atomic mass is 35.5. The van der Waals surface area contributed by atoms with E-state index < -0.39 is 11.7 Å². The number of halogens is 2. The minimum absolute atomic E-state index is 0.0969. The summed E-state index contributed by atoms with van der Waals surface area (Å²) in [7, 11) is 0. The summed E-state index contributed by atoms with van der Waals surface area (Å²) in [5.74, 6) is -1.16. The minimum atomic E-state index is -0.632. The number of benzene rings is 1. The molecule has 5 nitrogen and oxygen atoms in total. The Hall–Kier alpha value is -1.99. The van der Waals surface area contributed by atoms with Crippen LogP contribution in [0.25, 0.3) is 4.96 Å². The van der Waals surface area contributed by atoms with Gasteiger partial charge in [0.15, 0.2) is 0 Å². The molecule has 1 N–H and O–H groups in total. The number of carbonyl (C=O) groups is 1. The van der Waals surface area contributed by atoms with E-state index >= 15 is 0 Å². The van der Waals surface area contributed by atoms with Crippen LogP contribution < -0.4 is 5.32 Å².